The van der Waals surface area contributed by atoms with Crippen LogP contribution in [0.5, 0.6) is 11.5 Å². The Kier molecular flexibility index (Phi) is 15.8. The molecule has 6 rings (SSSR count). The van der Waals surface area contributed by atoms with Gasteiger partial charge in [-0.2, -0.15) is 5.26 Å². The molecule has 66 heavy (non-hydrogen) atoms. The molecule has 0 spiro atoms. The topological polar surface area (TPSA) is 179 Å². The number of benzene rings is 4. The summed E-state index contributed by atoms with van der Waals surface area (Å²) in [5.74, 6) is -0.295. The van der Waals surface area contributed by atoms with E-state index in [1.54, 1.807) is 42.5 Å². The molecule has 1 saturated heterocycles. The van der Waals surface area contributed by atoms with E-state index in [9.17, 15) is 29.5 Å². The standard InChI is InChI=1S/C52H62ClN5O8/c1-50(2,3)44(47(63)58-31-38(59)27-42(58)46(62)55-30-33-15-17-35(18-16-33)34-13-9-8-10-14-34)56-43(60)32-64-25-11-12-26-65-39-22-19-36(20-23-39)45(61)57-48-51(4,5)49(52(48,6)7)66-40-24-21-37(29-54)41(53)28-40/h8-10,13-24,28,38,42,44,48-49,59H,11-12,25-27,30-32H2,1-7H3,(H,55,62)(H,56,60)(H,57,61)/t38-,42?,44?,48-,49-/m1/s1. The highest BCUT2D eigenvalue weighted by atomic mass is 35.5. The van der Waals surface area contributed by atoms with E-state index in [4.69, 9.17) is 25.8 Å². The lowest BCUT2D eigenvalue weighted by molar-refractivity contribution is -0.164. The van der Waals surface area contributed by atoms with Crippen LogP contribution in [0.1, 0.15) is 89.2 Å². The second kappa shape index (κ2) is 21.1. The van der Waals surface area contributed by atoms with Crippen molar-refractivity contribution < 1.29 is 38.5 Å². The van der Waals surface area contributed by atoms with Crippen molar-refractivity contribution in [2.45, 2.75) is 105 Å². The fraction of sp³-hybridized carbons (Fsp3) is 0.442. The summed E-state index contributed by atoms with van der Waals surface area (Å²) < 4.78 is 17.9. The molecule has 4 N–H and O–H groups in total. The second-order valence-electron chi connectivity index (χ2n) is 19.5. The number of rotatable bonds is 18. The number of carbonyl (C=O) groups excluding carboxylic acids is 4. The van der Waals surface area contributed by atoms with Crippen LogP contribution in [-0.2, 0) is 25.7 Å². The number of aliphatic hydroxyl groups excluding tert-OH is 1. The molecule has 1 heterocycles. The van der Waals surface area contributed by atoms with Gasteiger partial charge in [0.1, 0.15) is 42.4 Å². The lowest BCUT2D eigenvalue weighted by Crippen LogP contribution is -2.74. The third kappa shape index (κ3) is 11.9. The lowest BCUT2D eigenvalue weighted by Gasteiger charge is -2.63. The number of carbonyl (C=O) groups is 4. The molecule has 0 bridgehead atoms. The zero-order valence-electron chi connectivity index (χ0n) is 38.9. The van der Waals surface area contributed by atoms with E-state index >= 15 is 0 Å². The van der Waals surface area contributed by atoms with Crippen molar-refractivity contribution in [1.29, 1.82) is 5.26 Å². The van der Waals surface area contributed by atoms with E-state index in [1.165, 1.54) is 4.90 Å². The molecule has 2 aliphatic rings. The first kappa shape index (κ1) is 49.5. The van der Waals surface area contributed by atoms with Gasteiger partial charge in [0.05, 0.1) is 23.3 Å². The van der Waals surface area contributed by atoms with E-state index in [0.717, 1.165) is 16.7 Å². The number of hydrogen-bond donors (Lipinski definition) is 4. The molecule has 1 saturated carbocycles. The molecule has 1 aliphatic heterocycles. The number of β-amino-alcohol motifs (C(OH)–C–C–N with tert-alkyl or cyclic N) is 1. The average Bonchev–Trinajstić information content (AvgIpc) is 3.69. The first-order valence-electron chi connectivity index (χ1n) is 22.5. The largest absolute Gasteiger partial charge is 0.494 e. The molecule has 13 nitrogen and oxygen atoms in total. The number of amides is 4. The normalized spacial score (nSPS) is 20.0. The maximum atomic E-state index is 14.0. The van der Waals surface area contributed by atoms with Crippen molar-refractivity contribution in [2.24, 2.45) is 16.2 Å². The molecule has 4 aromatic rings. The van der Waals surface area contributed by atoms with Crippen LogP contribution in [0, 0.1) is 27.6 Å². The molecular weight excluding hydrogens is 858 g/mol. The fourth-order valence-electron chi connectivity index (χ4n) is 9.25. The van der Waals surface area contributed by atoms with Gasteiger partial charge < -0.3 is 40.2 Å². The maximum Gasteiger partial charge on any atom is 0.251 e. The van der Waals surface area contributed by atoms with Crippen molar-refractivity contribution in [3.8, 4) is 28.7 Å². The fourth-order valence-corrected chi connectivity index (χ4v) is 9.46. The molecule has 1 aliphatic carbocycles. The van der Waals surface area contributed by atoms with Gasteiger partial charge in [0.25, 0.3) is 5.91 Å². The van der Waals surface area contributed by atoms with Gasteiger partial charge in [-0.05, 0) is 71.3 Å². The predicted octanol–water partition coefficient (Wildman–Crippen LogP) is 7.48. The van der Waals surface area contributed by atoms with E-state index < -0.39 is 46.2 Å². The Hall–Kier alpha value is -5.94. The number of nitriles is 1. The molecule has 350 valence electrons. The molecule has 4 amide bonds. The minimum Gasteiger partial charge on any atom is -0.494 e. The summed E-state index contributed by atoms with van der Waals surface area (Å²) in [4.78, 5) is 55.2. The van der Waals surface area contributed by atoms with Crippen LogP contribution in [0.3, 0.4) is 0 Å². The number of halogens is 1. The van der Waals surface area contributed by atoms with Gasteiger partial charge >= 0.3 is 0 Å². The smallest absolute Gasteiger partial charge is 0.251 e. The van der Waals surface area contributed by atoms with Crippen LogP contribution < -0.4 is 25.4 Å². The average molecular weight is 921 g/mol. The van der Waals surface area contributed by atoms with Gasteiger partial charge in [-0.1, -0.05) is 115 Å². The van der Waals surface area contributed by atoms with Crippen molar-refractivity contribution in [2.75, 3.05) is 26.4 Å². The summed E-state index contributed by atoms with van der Waals surface area (Å²) in [5.41, 5.74) is 2.44. The van der Waals surface area contributed by atoms with Crippen molar-refractivity contribution in [1.82, 2.24) is 20.9 Å². The maximum absolute atomic E-state index is 14.0. The Balaban J connectivity index is 0.895. The van der Waals surface area contributed by atoms with Crippen molar-refractivity contribution in [3.05, 3.63) is 119 Å². The SMILES string of the molecule is CC(C)(C)C(NC(=O)COCCCCOc1ccc(C(=O)N[C@H]2C(C)(C)[C@H](Oc3ccc(C#N)c(Cl)c3)C2(C)C)cc1)C(=O)N1C[C@H](O)CC1C(=O)NCc1ccc(-c2ccccc2)cc1. The minimum absolute atomic E-state index is 0.0162. The molecule has 0 aromatic heterocycles. The van der Waals surface area contributed by atoms with Crippen LogP contribution in [0.25, 0.3) is 11.1 Å². The van der Waals surface area contributed by atoms with E-state index in [0.29, 0.717) is 53.7 Å². The highest BCUT2D eigenvalue weighted by Gasteiger charge is 2.64. The van der Waals surface area contributed by atoms with E-state index in [2.05, 4.69) is 49.7 Å². The number of ether oxygens (including phenoxy) is 3. The van der Waals surface area contributed by atoms with Gasteiger partial charge in [-0.25, -0.2) is 0 Å². The second-order valence-corrected chi connectivity index (χ2v) is 19.9. The van der Waals surface area contributed by atoms with E-state index in [-0.39, 0.29) is 50.1 Å². The molecule has 3 atom stereocenters. The number of unbranched alkanes of at least 4 members (excludes halogenated alkanes) is 1. The first-order valence-corrected chi connectivity index (χ1v) is 22.8. The van der Waals surface area contributed by atoms with Crippen LogP contribution >= 0.6 is 11.6 Å². The summed E-state index contributed by atoms with van der Waals surface area (Å²) in [6, 6.07) is 29.9. The summed E-state index contributed by atoms with van der Waals surface area (Å²) in [5, 5.41) is 29.0. The van der Waals surface area contributed by atoms with Gasteiger partial charge in [0, 0.05) is 54.6 Å². The number of nitrogens with zero attached hydrogens (tertiary/aromatic N) is 2. The number of aliphatic hydroxyl groups is 1. The summed E-state index contributed by atoms with van der Waals surface area (Å²) in [6.45, 7) is 14.4. The zero-order chi connectivity index (χ0) is 47.8. The van der Waals surface area contributed by atoms with Crippen LogP contribution in [-0.4, -0.2) is 90.3 Å². The van der Waals surface area contributed by atoms with Crippen molar-refractivity contribution in [3.63, 3.8) is 0 Å². The minimum atomic E-state index is -0.962. The van der Waals surface area contributed by atoms with Gasteiger partial charge in [-0.3, -0.25) is 19.2 Å². The molecular formula is C52H62ClN5O8. The Morgan fingerprint density at radius 2 is 1.52 bits per heavy atom. The third-order valence-corrected chi connectivity index (χ3v) is 12.9. The van der Waals surface area contributed by atoms with Crippen LogP contribution in [0.2, 0.25) is 5.02 Å². The molecule has 2 unspecified atom stereocenters. The zero-order valence-corrected chi connectivity index (χ0v) is 39.6. The monoisotopic (exact) mass is 919 g/mol. The van der Waals surface area contributed by atoms with Gasteiger partial charge in [-0.15, -0.1) is 0 Å². The molecule has 2 fully saturated rings. The summed E-state index contributed by atoms with van der Waals surface area (Å²) in [7, 11) is 0. The Morgan fingerprint density at radius 3 is 2.15 bits per heavy atom. The number of likely N-dealkylation sites (tertiary alicyclic amines) is 1. The third-order valence-electron chi connectivity index (χ3n) is 12.5. The van der Waals surface area contributed by atoms with Crippen LogP contribution in [0.4, 0.5) is 0 Å². The quantitative estimate of drug-likeness (QED) is 0.0737. The lowest BCUT2D eigenvalue weighted by atomic mass is 9.49. The first-order chi connectivity index (χ1) is 31.3. The summed E-state index contributed by atoms with van der Waals surface area (Å²) in [6.07, 6.45) is 0.271. The Morgan fingerprint density at radius 1 is 0.879 bits per heavy atom. The van der Waals surface area contributed by atoms with Crippen LogP contribution in [0.15, 0.2) is 97.1 Å². The summed E-state index contributed by atoms with van der Waals surface area (Å²) >= 11 is 6.23. The predicted molar refractivity (Wildman–Crippen MR) is 253 cm³/mol. The highest BCUT2D eigenvalue weighted by Crippen LogP contribution is 2.55. The molecule has 4 aromatic carbocycles. The molecule has 14 heteroatoms. The number of hydrogen-bond acceptors (Lipinski definition) is 9. The van der Waals surface area contributed by atoms with E-state index in [1.807, 2.05) is 75.4 Å². The van der Waals surface area contributed by atoms with Gasteiger partial charge in [0.15, 0.2) is 0 Å². The molecule has 0 radical (unpaired) electrons. The van der Waals surface area contributed by atoms with Gasteiger partial charge in [0.2, 0.25) is 17.7 Å². The Bertz CT molecular complexity index is 2360. The Labute approximate surface area is 393 Å². The highest BCUT2D eigenvalue weighted by molar-refractivity contribution is 6.31. The number of nitrogens with one attached hydrogen (secondary N) is 3. The van der Waals surface area contributed by atoms with Crippen molar-refractivity contribution >= 4 is 35.2 Å².